The van der Waals surface area contributed by atoms with Crippen LogP contribution in [0.5, 0.6) is 0 Å². The molecule has 0 amide bonds. The third kappa shape index (κ3) is 5.35. The van der Waals surface area contributed by atoms with Crippen LogP contribution in [0.3, 0.4) is 0 Å². The fourth-order valence-electron chi connectivity index (χ4n) is 1.76. The van der Waals surface area contributed by atoms with Crippen molar-refractivity contribution in [3.63, 3.8) is 0 Å². The van der Waals surface area contributed by atoms with E-state index in [2.05, 4.69) is 32.2 Å². The SMILES string of the molecule is C=C(OC(F)F)/C(Br)=C\c1[nH]c(C(=O)/C(C#N)=C/N(C)C)cc1C. The molecule has 0 radical (unpaired) electrons. The number of aryl methyl sites for hydroxylation is 1. The molecule has 0 bridgehead atoms. The molecule has 1 heterocycles. The van der Waals surface area contributed by atoms with Crippen molar-refractivity contribution in [1.82, 2.24) is 9.88 Å². The van der Waals surface area contributed by atoms with Crippen LogP contribution in [0.2, 0.25) is 0 Å². The highest BCUT2D eigenvalue weighted by Crippen LogP contribution is 2.24. The number of allylic oxidation sites excluding steroid dienone is 2. The second kappa shape index (κ2) is 8.45. The molecule has 128 valence electrons. The van der Waals surface area contributed by atoms with E-state index >= 15 is 0 Å². The summed E-state index contributed by atoms with van der Waals surface area (Å²) in [6.07, 6.45) is 2.89. The number of carbonyl (C=O) groups is 1. The number of alkyl halides is 2. The van der Waals surface area contributed by atoms with E-state index in [1.165, 1.54) is 12.3 Å². The molecule has 1 aromatic heterocycles. The standard InChI is InChI=1S/C16H16BrF2N3O2/c1-9-5-14(15(23)11(7-20)8-22(3)4)21-13(9)6-12(17)10(2)24-16(18)19/h5-6,8,16,21H,2H2,1,3-4H3/b11-8+,12-6+. The van der Waals surface area contributed by atoms with E-state index in [-0.39, 0.29) is 21.5 Å². The number of Topliss-reactive ketones (excluding diaryl/α,β-unsaturated/α-hetero) is 1. The monoisotopic (exact) mass is 399 g/mol. The Balaban J connectivity index is 3.11. The second-order valence-corrected chi connectivity index (χ2v) is 5.88. The van der Waals surface area contributed by atoms with Gasteiger partial charge in [0.25, 0.3) is 0 Å². The maximum atomic E-state index is 12.3. The van der Waals surface area contributed by atoms with Crippen molar-refractivity contribution in [1.29, 1.82) is 5.26 Å². The van der Waals surface area contributed by atoms with E-state index in [4.69, 9.17) is 5.26 Å². The predicted octanol–water partition coefficient (Wildman–Crippen LogP) is 3.96. The van der Waals surface area contributed by atoms with E-state index in [0.29, 0.717) is 11.3 Å². The quantitative estimate of drug-likeness (QED) is 0.247. The number of carbonyl (C=O) groups excluding carboxylic acids is 1. The van der Waals surface area contributed by atoms with Crippen molar-refractivity contribution >= 4 is 27.8 Å². The van der Waals surface area contributed by atoms with Crippen LogP contribution >= 0.6 is 15.9 Å². The van der Waals surface area contributed by atoms with Crippen molar-refractivity contribution in [2.45, 2.75) is 13.5 Å². The lowest BCUT2D eigenvalue weighted by atomic mass is 10.1. The molecule has 5 nitrogen and oxygen atoms in total. The molecule has 1 aromatic rings. The lowest BCUT2D eigenvalue weighted by molar-refractivity contribution is -0.0918. The molecule has 1 rings (SSSR count). The van der Waals surface area contributed by atoms with Gasteiger partial charge in [-0.15, -0.1) is 0 Å². The number of nitriles is 1. The molecule has 0 spiro atoms. The Hall–Kier alpha value is -2.40. The molecular weight excluding hydrogens is 384 g/mol. The number of aromatic nitrogens is 1. The van der Waals surface area contributed by atoms with Crippen LogP contribution in [0.15, 0.2) is 34.7 Å². The van der Waals surface area contributed by atoms with Gasteiger partial charge >= 0.3 is 6.61 Å². The molecule has 0 saturated heterocycles. The van der Waals surface area contributed by atoms with Crippen LogP contribution < -0.4 is 0 Å². The van der Waals surface area contributed by atoms with Crippen LogP contribution in [-0.4, -0.2) is 36.4 Å². The summed E-state index contributed by atoms with van der Waals surface area (Å²) in [6.45, 7) is 2.14. The van der Waals surface area contributed by atoms with Gasteiger partial charge in [0.2, 0.25) is 5.78 Å². The first-order valence-electron chi connectivity index (χ1n) is 6.69. The minimum absolute atomic E-state index is 0.0266. The van der Waals surface area contributed by atoms with Crippen LogP contribution in [0.25, 0.3) is 6.08 Å². The minimum atomic E-state index is -2.98. The molecule has 0 aromatic carbocycles. The van der Waals surface area contributed by atoms with Gasteiger partial charge in [0, 0.05) is 26.0 Å². The molecule has 0 saturated carbocycles. The van der Waals surface area contributed by atoms with Crippen LogP contribution in [0.1, 0.15) is 21.7 Å². The highest BCUT2D eigenvalue weighted by Gasteiger charge is 2.16. The Morgan fingerprint density at radius 1 is 1.54 bits per heavy atom. The van der Waals surface area contributed by atoms with Gasteiger partial charge in [0.15, 0.2) is 0 Å². The van der Waals surface area contributed by atoms with Crippen molar-refractivity contribution < 1.29 is 18.3 Å². The molecule has 1 N–H and O–H groups in total. The molecular formula is C16H16BrF2N3O2. The van der Waals surface area contributed by atoms with Gasteiger partial charge in [-0.3, -0.25) is 4.79 Å². The number of rotatable bonds is 7. The summed E-state index contributed by atoms with van der Waals surface area (Å²) in [5.74, 6) is -0.704. The molecule has 0 aliphatic heterocycles. The first kappa shape index (κ1) is 19.6. The van der Waals surface area contributed by atoms with Crippen molar-refractivity contribution in [3.8, 4) is 6.07 Å². The third-order valence-electron chi connectivity index (χ3n) is 2.82. The highest BCUT2D eigenvalue weighted by molar-refractivity contribution is 9.12. The summed E-state index contributed by atoms with van der Waals surface area (Å²) < 4.78 is 28.8. The summed E-state index contributed by atoms with van der Waals surface area (Å²) in [5, 5.41) is 9.09. The van der Waals surface area contributed by atoms with E-state index in [1.807, 2.05) is 6.07 Å². The number of nitrogens with one attached hydrogen (secondary N) is 1. The number of H-pyrrole nitrogens is 1. The largest absolute Gasteiger partial charge is 0.434 e. The van der Waals surface area contributed by atoms with Crippen LogP contribution in [0, 0.1) is 18.3 Å². The van der Waals surface area contributed by atoms with Gasteiger partial charge in [-0.2, -0.15) is 14.0 Å². The van der Waals surface area contributed by atoms with Gasteiger partial charge in [-0.25, -0.2) is 0 Å². The first-order valence-corrected chi connectivity index (χ1v) is 7.49. The Kier molecular flexibility index (Phi) is 6.92. The van der Waals surface area contributed by atoms with Crippen molar-refractivity contribution in [3.05, 3.63) is 51.6 Å². The number of ether oxygens (including phenoxy) is 1. The fourth-order valence-corrected chi connectivity index (χ4v) is 2.08. The van der Waals surface area contributed by atoms with Crippen molar-refractivity contribution in [2.24, 2.45) is 0 Å². The summed E-state index contributed by atoms with van der Waals surface area (Å²) in [7, 11) is 3.40. The zero-order chi connectivity index (χ0) is 18.4. The number of aromatic amines is 1. The average molecular weight is 400 g/mol. The fraction of sp³-hybridized carbons (Fsp3) is 0.250. The predicted molar refractivity (Wildman–Crippen MR) is 90.4 cm³/mol. The van der Waals surface area contributed by atoms with Gasteiger partial charge in [0.05, 0.1) is 10.2 Å². The van der Waals surface area contributed by atoms with Crippen molar-refractivity contribution in [2.75, 3.05) is 14.1 Å². The van der Waals surface area contributed by atoms with E-state index in [1.54, 1.807) is 32.0 Å². The van der Waals surface area contributed by atoms with E-state index in [9.17, 15) is 13.6 Å². The lowest BCUT2D eigenvalue weighted by Gasteiger charge is -2.06. The Morgan fingerprint density at radius 3 is 2.67 bits per heavy atom. The second-order valence-electron chi connectivity index (χ2n) is 5.02. The molecule has 24 heavy (non-hydrogen) atoms. The van der Waals surface area contributed by atoms with Crippen LogP contribution in [-0.2, 0) is 4.74 Å². The van der Waals surface area contributed by atoms with Gasteiger partial charge in [-0.05, 0) is 40.6 Å². The zero-order valence-corrected chi connectivity index (χ0v) is 14.9. The number of hydrogen-bond acceptors (Lipinski definition) is 4. The van der Waals surface area contributed by atoms with E-state index < -0.39 is 12.4 Å². The zero-order valence-electron chi connectivity index (χ0n) is 13.4. The molecule has 8 heteroatoms. The molecule has 0 atom stereocenters. The third-order valence-corrected chi connectivity index (χ3v) is 3.49. The topological polar surface area (TPSA) is 69.1 Å². The maximum absolute atomic E-state index is 12.3. The summed E-state index contributed by atoms with van der Waals surface area (Å²) in [5.41, 5.74) is 1.39. The number of halogens is 3. The molecule has 0 aliphatic rings. The number of hydrogen-bond donors (Lipinski definition) is 1. The maximum Gasteiger partial charge on any atom is 0.387 e. The summed E-state index contributed by atoms with van der Waals surface area (Å²) >= 11 is 3.09. The first-order chi connectivity index (χ1) is 11.1. The lowest BCUT2D eigenvalue weighted by Crippen LogP contribution is -2.09. The minimum Gasteiger partial charge on any atom is -0.434 e. The van der Waals surface area contributed by atoms with Gasteiger partial charge in [-0.1, -0.05) is 6.58 Å². The Labute approximate surface area is 147 Å². The molecule has 0 fully saturated rings. The normalized spacial score (nSPS) is 12.1. The number of ketones is 1. The summed E-state index contributed by atoms with van der Waals surface area (Å²) in [6, 6.07) is 3.42. The van der Waals surface area contributed by atoms with Crippen LogP contribution in [0.4, 0.5) is 8.78 Å². The number of nitrogens with zero attached hydrogens (tertiary/aromatic N) is 2. The summed E-state index contributed by atoms with van der Waals surface area (Å²) in [4.78, 5) is 16.8. The molecule has 0 aliphatic carbocycles. The Morgan fingerprint density at radius 2 is 2.17 bits per heavy atom. The molecule has 0 unspecified atom stereocenters. The smallest absolute Gasteiger partial charge is 0.387 e. The van der Waals surface area contributed by atoms with E-state index in [0.717, 1.165) is 0 Å². The Bertz CT molecular complexity index is 743. The van der Waals surface area contributed by atoms with Gasteiger partial charge < -0.3 is 14.6 Å². The van der Waals surface area contributed by atoms with Gasteiger partial charge in [0.1, 0.15) is 17.4 Å². The highest BCUT2D eigenvalue weighted by atomic mass is 79.9. The average Bonchev–Trinajstić information content (AvgIpc) is 2.84.